The van der Waals surface area contributed by atoms with Crippen LogP contribution in [-0.2, 0) is 4.74 Å². The molecule has 1 heterocycles. The first-order valence-electron chi connectivity index (χ1n) is 6.89. The van der Waals surface area contributed by atoms with Crippen LogP contribution >= 0.6 is 23.2 Å². The number of halogens is 2. The fourth-order valence-corrected chi connectivity index (χ4v) is 3.26. The maximum Gasteiger partial charge on any atom is 0.0757 e. The molecule has 0 amide bonds. The molecule has 0 spiro atoms. The second-order valence-corrected chi connectivity index (χ2v) is 6.86. The number of hydrogen-bond donors (Lipinski definition) is 1. The third kappa shape index (κ3) is 3.66. The molecule has 1 aromatic rings. The zero-order valence-electron chi connectivity index (χ0n) is 12.2. The molecule has 1 saturated heterocycles. The normalized spacial score (nSPS) is 24.6. The second kappa shape index (κ2) is 6.20. The van der Waals surface area contributed by atoms with Gasteiger partial charge in [0.2, 0.25) is 0 Å². The molecule has 1 fully saturated rings. The Morgan fingerprint density at radius 2 is 2.10 bits per heavy atom. The Hall–Kier alpha value is -0.320. The second-order valence-electron chi connectivity index (χ2n) is 6.04. The minimum atomic E-state index is -0.165. The lowest BCUT2D eigenvalue weighted by atomic mass is 9.99. The average Bonchev–Trinajstić information content (AvgIpc) is 2.32. The van der Waals surface area contributed by atoms with E-state index in [4.69, 9.17) is 33.7 Å². The van der Waals surface area contributed by atoms with Gasteiger partial charge in [0.05, 0.1) is 21.8 Å². The van der Waals surface area contributed by atoms with Gasteiger partial charge in [0, 0.05) is 25.7 Å². The third-order valence-electron chi connectivity index (χ3n) is 3.59. The van der Waals surface area contributed by atoms with Gasteiger partial charge in [0.15, 0.2) is 0 Å². The summed E-state index contributed by atoms with van der Waals surface area (Å²) in [6.07, 6.45) is 0.190. The number of rotatable bonds is 3. The van der Waals surface area contributed by atoms with Crippen molar-refractivity contribution in [2.75, 3.05) is 19.6 Å². The van der Waals surface area contributed by atoms with Crippen LogP contribution < -0.4 is 5.73 Å². The Morgan fingerprint density at radius 3 is 2.65 bits per heavy atom. The highest BCUT2D eigenvalue weighted by molar-refractivity contribution is 6.42. The van der Waals surface area contributed by atoms with Crippen molar-refractivity contribution in [2.45, 2.75) is 38.5 Å². The van der Waals surface area contributed by atoms with Gasteiger partial charge in [0.25, 0.3) is 0 Å². The highest BCUT2D eigenvalue weighted by atomic mass is 35.5. The lowest BCUT2D eigenvalue weighted by molar-refractivity contribution is -0.137. The molecular formula is C15H22Cl2N2O. The Bertz CT molecular complexity index is 479. The van der Waals surface area contributed by atoms with Crippen molar-refractivity contribution in [3.05, 3.63) is 33.8 Å². The van der Waals surface area contributed by atoms with Crippen LogP contribution in [0.1, 0.15) is 32.4 Å². The predicted octanol–water partition coefficient (Wildman–Crippen LogP) is 3.49. The van der Waals surface area contributed by atoms with Crippen molar-refractivity contribution in [3.8, 4) is 0 Å². The summed E-state index contributed by atoms with van der Waals surface area (Å²) in [6.45, 7) is 8.57. The van der Waals surface area contributed by atoms with Crippen LogP contribution in [0.15, 0.2) is 18.2 Å². The SMILES string of the molecule is CC1CN(C(CN)c2ccc(Cl)c(Cl)c2)CC(C)(C)O1. The van der Waals surface area contributed by atoms with Gasteiger partial charge >= 0.3 is 0 Å². The maximum atomic E-state index is 6.12. The highest BCUT2D eigenvalue weighted by Crippen LogP contribution is 2.31. The van der Waals surface area contributed by atoms with Gasteiger partial charge < -0.3 is 10.5 Å². The number of morpholine rings is 1. The zero-order chi connectivity index (χ0) is 14.9. The molecule has 2 rings (SSSR count). The van der Waals surface area contributed by atoms with E-state index in [0.29, 0.717) is 16.6 Å². The van der Waals surface area contributed by atoms with E-state index >= 15 is 0 Å². The Labute approximate surface area is 131 Å². The summed E-state index contributed by atoms with van der Waals surface area (Å²) in [7, 11) is 0. The molecule has 20 heavy (non-hydrogen) atoms. The highest BCUT2D eigenvalue weighted by Gasteiger charge is 2.34. The molecule has 0 saturated carbocycles. The molecule has 1 aliphatic rings. The molecule has 112 valence electrons. The summed E-state index contributed by atoms with van der Waals surface area (Å²) in [5.41, 5.74) is 6.94. The molecule has 1 aliphatic heterocycles. The number of ether oxygens (including phenoxy) is 1. The molecule has 3 nitrogen and oxygen atoms in total. The molecule has 0 aromatic heterocycles. The summed E-state index contributed by atoms with van der Waals surface area (Å²) in [5.74, 6) is 0. The van der Waals surface area contributed by atoms with Gasteiger partial charge in [-0.15, -0.1) is 0 Å². The predicted molar refractivity (Wildman–Crippen MR) is 84.5 cm³/mol. The minimum absolute atomic E-state index is 0.135. The number of nitrogens with zero attached hydrogens (tertiary/aromatic N) is 1. The van der Waals surface area contributed by atoms with Crippen LogP contribution in [-0.4, -0.2) is 36.2 Å². The molecule has 0 radical (unpaired) electrons. The van der Waals surface area contributed by atoms with E-state index in [1.807, 2.05) is 18.2 Å². The first kappa shape index (κ1) is 16.1. The van der Waals surface area contributed by atoms with Gasteiger partial charge in [-0.05, 0) is 38.5 Å². The minimum Gasteiger partial charge on any atom is -0.370 e. The fraction of sp³-hybridized carbons (Fsp3) is 0.600. The molecule has 0 bridgehead atoms. The van der Waals surface area contributed by atoms with Crippen molar-refractivity contribution in [3.63, 3.8) is 0 Å². The summed E-state index contributed by atoms with van der Waals surface area (Å²) in [6, 6.07) is 5.88. The number of benzene rings is 1. The molecule has 2 unspecified atom stereocenters. The standard InChI is InChI=1S/C15H22Cl2N2O/c1-10-8-19(9-15(2,3)20-10)14(7-18)11-4-5-12(16)13(17)6-11/h4-6,10,14H,7-9,18H2,1-3H3. The van der Waals surface area contributed by atoms with E-state index < -0.39 is 0 Å². The molecular weight excluding hydrogens is 295 g/mol. The van der Waals surface area contributed by atoms with E-state index in [2.05, 4.69) is 25.7 Å². The first-order valence-corrected chi connectivity index (χ1v) is 7.65. The van der Waals surface area contributed by atoms with E-state index in [-0.39, 0.29) is 17.7 Å². The topological polar surface area (TPSA) is 38.5 Å². The van der Waals surface area contributed by atoms with Gasteiger partial charge in [0.1, 0.15) is 0 Å². The van der Waals surface area contributed by atoms with Gasteiger partial charge in [-0.1, -0.05) is 29.3 Å². The van der Waals surface area contributed by atoms with Crippen LogP contribution in [0.3, 0.4) is 0 Å². The summed E-state index contributed by atoms with van der Waals surface area (Å²) >= 11 is 12.1. The molecule has 5 heteroatoms. The van der Waals surface area contributed by atoms with E-state index in [1.54, 1.807) is 0 Å². The molecule has 2 atom stereocenters. The lowest BCUT2D eigenvalue weighted by Crippen LogP contribution is -2.53. The van der Waals surface area contributed by atoms with Crippen LogP contribution in [0.25, 0.3) is 0 Å². The van der Waals surface area contributed by atoms with Crippen molar-refractivity contribution >= 4 is 23.2 Å². The van der Waals surface area contributed by atoms with E-state index in [9.17, 15) is 0 Å². The summed E-state index contributed by atoms with van der Waals surface area (Å²) < 4.78 is 5.95. The van der Waals surface area contributed by atoms with Crippen LogP contribution in [0.4, 0.5) is 0 Å². The van der Waals surface area contributed by atoms with Gasteiger partial charge in [-0.25, -0.2) is 0 Å². The molecule has 2 N–H and O–H groups in total. The van der Waals surface area contributed by atoms with Crippen molar-refractivity contribution < 1.29 is 4.74 Å². The van der Waals surface area contributed by atoms with Crippen LogP contribution in [0.2, 0.25) is 10.0 Å². The van der Waals surface area contributed by atoms with Crippen molar-refractivity contribution in [1.82, 2.24) is 4.90 Å². The van der Waals surface area contributed by atoms with E-state index in [1.165, 1.54) is 0 Å². The van der Waals surface area contributed by atoms with Gasteiger partial charge in [-0.2, -0.15) is 0 Å². The summed E-state index contributed by atoms with van der Waals surface area (Å²) in [5, 5.41) is 1.14. The average molecular weight is 317 g/mol. The molecule has 0 aliphatic carbocycles. The maximum absolute atomic E-state index is 6.12. The van der Waals surface area contributed by atoms with E-state index in [0.717, 1.165) is 18.7 Å². The zero-order valence-corrected chi connectivity index (χ0v) is 13.7. The monoisotopic (exact) mass is 316 g/mol. The molecule has 1 aromatic carbocycles. The van der Waals surface area contributed by atoms with Crippen LogP contribution in [0, 0.1) is 0 Å². The Kier molecular flexibility index (Phi) is 4.98. The smallest absolute Gasteiger partial charge is 0.0757 e. The lowest BCUT2D eigenvalue weighted by Gasteiger charge is -2.45. The van der Waals surface area contributed by atoms with Gasteiger partial charge in [-0.3, -0.25) is 4.90 Å². The third-order valence-corrected chi connectivity index (χ3v) is 4.33. The number of nitrogens with two attached hydrogens (primary N) is 1. The number of hydrogen-bond acceptors (Lipinski definition) is 3. The fourth-order valence-electron chi connectivity index (χ4n) is 2.96. The van der Waals surface area contributed by atoms with Crippen molar-refractivity contribution in [1.29, 1.82) is 0 Å². The van der Waals surface area contributed by atoms with Crippen molar-refractivity contribution in [2.24, 2.45) is 5.73 Å². The first-order chi connectivity index (χ1) is 9.32. The largest absolute Gasteiger partial charge is 0.370 e. The summed E-state index contributed by atoms with van der Waals surface area (Å²) in [4.78, 5) is 2.37. The van der Waals surface area contributed by atoms with Crippen LogP contribution in [0.5, 0.6) is 0 Å². The Morgan fingerprint density at radius 1 is 1.40 bits per heavy atom. The Balaban J connectivity index is 2.25. The quantitative estimate of drug-likeness (QED) is 0.927.